The molecule has 0 bridgehead atoms. The lowest BCUT2D eigenvalue weighted by Gasteiger charge is -2.35. The number of methoxy groups -OCH3 is 1. The first-order valence-electron chi connectivity index (χ1n) is 8.05. The Hall–Kier alpha value is -2.81. The fourth-order valence-corrected chi connectivity index (χ4v) is 3.84. The zero-order chi connectivity index (χ0) is 19.9. The molecule has 0 saturated heterocycles. The Labute approximate surface area is 163 Å². The number of rotatable bonds is 3. The molecular formula is C18H17BrN2O6. The van der Waals surface area contributed by atoms with Crippen LogP contribution in [-0.2, 0) is 34.0 Å². The summed E-state index contributed by atoms with van der Waals surface area (Å²) < 4.78 is 16.1. The van der Waals surface area contributed by atoms with E-state index >= 15 is 0 Å². The molecule has 1 amide bonds. The molecule has 2 aliphatic heterocycles. The maximum absolute atomic E-state index is 13.2. The van der Waals surface area contributed by atoms with E-state index in [2.05, 4.69) is 21.2 Å². The van der Waals surface area contributed by atoms with E-state index < -0.39 is 23.3 Å². The Morgan fingerprint density at radius 2 is 2.00 bits per heavy atom. The van der Waals surface area contributed by atoms with E-state index in [9.17, 15) is 14.4 Å². The van der Waals surface area contributed by atoms with E-state index in [-0.39, 0.29) is 29.4 Å². The van der Waals surface area contributed by atoms with Crippen LogP contribution in [0.4, 0.5) is 5.69 Å². The summed E-state index contributed by atoms with van der Waals surface area (Å²) in [5, 5.41) is 2.71. The SMILES string of the molecule is CCOC(=O)C1=C(C)OC(N)=C(C(=O)OC)[C@]12C(=O)Nc1cc(Br)ccc12. The van der Waals surface area contributed by atoms with E-state index in [0.29, 0.717) is 15.7 Å². The van der Waals surface area contributed by atoms with Crippen LogP contribution in [0.25, 0.3) is 0 Å². The van der Waals surface area contributed by atoms with Crippen molar-refractivity contribution in [1.82, 2.24) is 0 Å². The number of hydrogen-bond acceptors (Lipinski definition) is 7. The normalized spacial score (nSPS) is 21.0. The lowest BCUT2D eigenvalue weighted by molar-refractivity contribution is -0.142. The van der Waals surface area contributed by atoms with Gasteiger partial charge in [0.1, 0.15) is 22.3 Å². The first-order chi connectivity index (χ1) is 12.8. The van der Waals surface area contributed by atoms with Crippen LogP contribution in [-0.4, -0.2) is 31.6 Å². The quantitative estimate of drug-likeness (QED) is 0.694. The molecule has 27 heavy (non-hydrogen) atoms. The lowest BCUT2D eigenvalue weighted by atomic mass is 9.67. The Morgan fingerprint density at radius 3 is 2.63 bits per heavy atom. The first-order valence-corrected chi connectivity index (χ1v) is 8.84. The van der Waals surface area contributed by atoms with Gasteiger partial charge in [-0.2, -0.15) is 0 Å². The maximum atomic E-state index is 13.2. The van der Waals surface area contributed by atoms with Crippen LogP contribution in [0.1, 0.15) is 19.4 Å². The smallest absolute Gasteiger partial charge is 0.340 e. The fraction of sp³-hybridized carbons (Fsp3) is 0.278. The van der Waals surface area contributed by atoms with Gasteiger partial charge in [-0.05, 0) is 26.0 Å². The number of hydrogen-bond donors (Lipinski definition) is 2. The van der Waals surface area contributed by atoms with Gasteiger partial charge in [-0.1, -0.05) is 22.0 Å². The Balaban J connectivity index is 2.41. The lowest BCUT2D eigenvalue weighted by Crippen LogP contribution is -2.48. The number of carbonyl (C=O) groups excluding carboxylic acids is 3. The largest absolute Gasteiger partial charge is 0.465 e. The van der Waals surface area contributed by atoms with Gasteiger partial charge in [-0.3, -0.25) is 4.79 Å². The summed E-state index contributed by atoms with van der Waals surface area (Å²) in [4.78, 5) is 38.6. The van der Waals surface area contributed by atoms with Crippen LogP contribution in [0.5, 0.6) is 0 Å². The fourth-order valence-electron chi connectivity index (χ4n) is 3.48. The van der Waals surface area contributed by atoms with Crippen LogP contribution >= 0.6 is 15.9 Å². The second-order valence-corrected chi connectivity index (χ2v) is 6.79. The monoisotopic (exact) mass is 436 g/mol. The van der Waals surface area contributed by atoms with Gasteiger partial charge in [0.25, 0.3) is 0 Å². The number of anilines is 1. The number of esters is 2. The molecule has 2 heterocycles. The predicted octanol–water partition coefficient (Wildman–Crippen LogP) is 1.85. The van der Waals surface area contributed by atoms with E-state index in [1.807, 2.05) is 0 Å². The molecule has 0 aliphatic carbocycles. The zero-order valence-corrected chi connectivity index (χ0v) is 16.4. The van der Waals surface area contributed by atoms with Gasteiger partial charge >= 0.3 is 11.9 Å². The molecule has 3 rings (SSSR count). The molecule has 142 valence electrons. The number of halogens is 1. The van der Waals surface area contributed by atoms with Gasteiger partial charge in [-0.25, -0.2) is 9.59 Å². The van der Waals surface area contributed by atoms with Crippen molar-refractivity contribution in [3.8, 4) is 0 Å². The molecule has 1 aromatic carbocycles. The molecule has 1 aromatic rings. The molecule has 3 N–H and O–H groups in total. The van der Waals surface area contributed by atoms with Crippen molar-refractivity contribution in [2.75, 3.05) is 19.0 Å². The first kappa shape index (κ1) is 19.0. The van der Waals surface area contributed by atoms with Crippen molar-refractivity contribution < 1.29 is 28.6 Å². The molecular weight excluding hydrogens is 420 g/mol. The summed E-state index contributed by atoms with van der Waals surface area (Å²) in [6, 6.07) is 4.99. The minimum Gasteiger partial charge on any atom is -0.465 e. The molecule has 1 atom stereocenters. The van der Waals surface area contributed by atoms with Gasteiger partial charge in [0.15, 0.2) is 0 Å². The van der Waals surface area contributed by atoms with Crippen molar-refractivity contribution in [2.45, 2.75) is 19.3 Å². The molecule has 9 heteroatoms. The van der Waals surface area contributed by atoms with Crippen molar-refractivity contribution in [1.29, 1.82) is 0 Å². The summed E-state index contributed by atoms with van der Waals surface area (Å²) >= 11 is 3.34. The standard InChI is InChI=1S/C18H17BrN2O6/c1-4-26-16(23)12-8(2)27-14(20)13(15(22)25-3)18(12)10-6-5-9(19)7-11(10)21-17(18)24/h5-7H,4,20H2,1-3H3,(H,21,24)/t18-/m1/s1. The number of amides is 1. The Morgan fingerprint density at radius 1 is 1.30 bits per heavy atom. The number of allylic oxidation sites excluding steroid dienone is 1. The average molecular weight is 437 g/mol. The molecule has 0 saturated carbocycles. The highest BCUT2D eigenvalue weighted by Crippen LogP contribution is 2.52. The summed E-state index contributed by atoms with van der Waals surface area (Å²) in [5.74, 6) is -2.52. The summed E-state index contributed by atoms with van der Waals surface area (Å²) in [7, 11) is 1.15. The third kappa shape index (κ3) is 2.61. The summed E-state index contributed by atoms with van der Waals surface area (Å²) in [6.07, 6.45) is 0. The van der Waals surface area contributed by atoms with Gasteiger partial charge < -0.3 is 25.3 Å². The van der Waals surface area contributed by atoms with E-state index in [4.69, 9.17) is 19.9 Å². The number of benzene rings is 1. The number of nitrogens with one attached hydrogen (secondary N) is 1. The maximum Gasteiger partial charge on any atom is 0.340 e. The van der Waals surface area contributed by atoms with Gasteiger partial charge in [-0.15, -0.1) is 0 Å². The highest BCUT2D eigenvalue weighted by Gasteiger charge is 2.61. The number of nitrogens with two attached hydrogens (primary N) is 1. The molecule has 8 nitrogen and oxygen atoms in total. The number of carbonyl (C=O) groups is 3. The van der Waals surface area contributed by atoms with Crippen molar-refractivity contribution in [3.05, 3.63) is 51.0 Å². The Bertz CT molecular complexity index is 936. The third-order valence-electron chi connectivity index (χ3n) is 4.46. The summed E-state index contributed by atoms with van der Waals surface area (Å²) in [6.45, 7) is 3.20. The highest BCUT2D eigenvalue weighted by atomic mass is 79.9. The van der Waals surface area contributed by atoms with Crippen molar-refractivity contribution in [3.63, 3.8) is 0 Å². The average Bonchev–Trinajstić information content (AvgIpc) is 2.86. The van der Waals surface area contributed by atoms with Gasteiger partial charge in [0, 0.05) is 15.7 Å². The van der Waals surface area contributed by atoms with Crippen molar-refractivity contribution >= 4 is 39.5 Å². The van der Waals surface area contributed by atoms with E-state index in [1.54, 1.807) is 25.1 Å². The van der Waals surface area contributed by atoms with Crippen LogP contribution in [0.2, 0.25) is 0 Å². The van der Waals surface area contributed by atoms with Crippen LogP contribution in [0.3, 0.4) is 0 Å². The summed E-state index contributed by atoms with van der Waals surface area (Å²) in [5.41, 5.74) is 4.57. The minimum atomic E-state index is -1.83. The van der Waals surface area contributed by atoms with Gasteiger partial charge in [0.2, 0.25) is 11.8 Å². The minimum absolute atomic E-state index is 0.0736. The number of fused-ring (bicyclic) bond motifs is 2. The van der Waals surface area contributed by atoms with E-state index in [1.165, 1.54) is 6.92 Å². The highest BCUT2D eigenvalue weighted by molar-refractivity contribution is 9.10. The molecule has 0 aromatic heterocycles. The van der Waals surface area contributed by atoms with Gasteiger partial charge in [0.05, 0.1) is 13.7 Å². The van der Waals surface area contributed by atoms with Crippen LogP contribution in [0, 0.1) is 0 Å². The molecule has 0 fully saturated rings. The van der Waals surface area contributed by atoms with E-state index in [0.717, 1.165) is 7.11 Å². The van der Waals surface area contributed by atoms with Crippen LogP contribution in [0.15, 0.2) is 45.5 Å². The molecule has 0 radical (unpaired) electrons. The van der Waals surface area contributed by atoms with Crippen LogP contribution < -0.4 is 11.1 Å². The third-order valence-corrected chi connectivity index (χ3v) is 4.95. The second-order valence-electron chi connectivity index (χ2n) is 5.88. The Kier molecular flexibility index (Phi) is 4.73. The molecule has 1 spiro atoms. The second kappa shape index (κ2) is 6.73. The molecule has 0 unspecified atom stereocenters. The molecule has 2 aliphatic rings. The predicted molar refractivity (Wildman–Crippen MR) is 98.1 cm³/mol. The van der Waals surface area contributed by atoms with Crippen molar-refractivity contribution in [2.24, 2.45) is 5.73 Å². The topological polar surface area (TPSA) is 117 Å². The zero-order valence-electron chi connectivity index (χ0n) is 14.8. The number of ether oxygens (including phenoxy) is 3.